The molecule has 6 heteroatoms. The fraction of sp³-hybridized carbons (Fsp3) is 0.125. The van der Waals surface area contributed by atoms with E-state index in [4.69, 9.17) is 0 Å². The Morgan fingerprint density at radius 1 is 1.00 bits per heavy atom. The Labute approximate surface area is 172 Å². The molecule has 1 aromatic heterocycles. The number of halogens is 1. The molecule has 0 aliphatic heterocycles. The van der Waals surface area contributed by atoms with Gasteiger partial charge < -0.3 is 9.88 Å². The average Bonchev–Trinajstić information content (AvgIpc) is 2.76. The van der Waals surface area contributed by atoms with Crippen LogP contribution in [0.15, 0.2) is 77.6 Å². The maximum Gasteiger partial charge on any atom is 0.272 e. The van der Waals surface area contributed by atoms with E-state index in [9.17, 15) is 14.0 Å². The van der Waals surface area contributed by atoms with Crippen molar-refractivity contribution in [3.8, 4) is 0 Å². The van der Waals surface area contributed by atoms with Crippen molar-refractivity contribution in [2.75, 3.05) is 0 Å². The third-order valence-electron chi connectivity index (χ3n) is 4.97. The lowest BCUT2D eigenvalue weighted by molar-refractivity contribution is 0.0950. The van der Waals surface area contributed by atoms with Gasteiger partial charge >= 0.3 is 0 Å². The first-order valence-corrected chi connectivity index (χ1v) is 9.59. The number of fused-ring (bicyclic) bond motifs is 1. The van der Waals surface area contributed by atoms with Crippen LogP contribution in [-0.4, -0.2) is 15.5 Å². The van der Waals surface area contributed by atoms with Crippen LogP contribution in [0.1, 0.15) is 27.2 Å². The Morgan fingerprint density at radius 3 is 2.47 bits per heavy atom. The van der Waals surface area contributed by atoms with Gasteiger partial charge in [-0.2, -0.15) is 0 Å². The normalized spacial score (nSPS) is 10.9. The Bertz CT molecular complexity index is 1280. The third-order valence-corrected chi connectivity index (χ3v) is 4.97. The van der Waals surface area contributed by atoms with Gasteiger partial charge in [-0.1, -0.05) is 42.5 Å². The predicted octanol–water partition coefficient (Wildman–Crippen LogP) is 3.82. The number of nitrogens with one attached hydrogen (secondary N) is 1. The summed E-state index contributed by atoms with van der Waals surface area (Å²) in [5.74, 6) is -0.634. The average molecular weight is 401 g/mol. The fourth-order valence-corrected chi connectivity index (χ4v) is 3.34. The van der Waals surface area contributed by atoms with Crippen molar-refractivity contribution >= 4 is 16.9 Å². The number of amides is 1. The lowest BCUT2D eigenvalue weighted by Gasteiger charge is -2.12. The standard InChI is InChI=1S/C24H20FN3O2/c1-16-24(30)28(22-9-5-4-8-21(22)27-16)15-17-10-12-18(13-11-17)23(29)26-14-19-6-2-3-7-20(19)25/h2-13H,14-15H2,1H3,(H,26,29). The second-order valence-electron chi connectivity index (χ2n) is 7.05. The van der Waals surface area contributed by atoms with Gasteiger partial charge in [-0.25, -0.2) is 9.37 Å². The van der Waals surface area contributed by atoms with E-state index < -0.39 is 0 Å². The summed E-state index contributed by atoms with van der Waals surface area (Å²) in [6, 6.07) is 20.9. The highest BCUT2D eigenvalue weighted by atomic mass is 19.1. The molecule has 150 valence electrons. The van der Waals surface area contributed by atoms with Crippen LogP contribution in [0.25, 0.3) is 11.0 Å². The highest BCUT2D eigenvalue weighted by Crippen LogP contribution is 2.13. The van der Waals surface area contributed by atoms with Gasteiger partial charge in [-0.3, -0.25) is 9.59 Å². The molecule has 0 bridgehead atoms. The van der Waals surface area contributed by atoms with Crippen LogP contribution >= 0.6 is 0 Å². The number of rotatable bonds is 5. The summed E-state index contributed by atoms with van der Waals surface area (Å²) in [6.07, 6.45) is 0. The fourth-order valence-electron chi connectivity index (χ4n) is 3.34. The molecule has 4 rings (SSSR count). The number of benzene rings is 3. The van der Waals surface area contributed by atoms with Crippen LogP contribution in [0.5, 0.6) is 0 Å². The summed E-state index contributed by atoms with van der Waals surface area (Å²) in [4.78, 5) is 29.3. The van der Waals surface area contributed by atoms with Gasteiger partial charge in [-0.05, 0) is 42.8 Å². The monoisotopic (exact) mass is 401 g/mol. The molecule has 0 spiro atoms. The zero-order valence-corrected chi connectivity index (χ0v) is 16.4. The van der Waals surface area contributed by atoms with Crippen molar-refractivity contribution in [2.24, 2.45) is 0 Å². The molecule has 1 heterocycles. The first-order chi connectivity index (χ1) is 14.5. The first-order valence-electron chi connectivity index (χ1n) is 9.59. The van der Waals surface area contributed by atoms with Gasteiger partial charge in [-0.15, -0.1) is 0 Å². The summed E-state index contributed by atoms with van der Waals surface area (Å²) in [7, 11) is 0. The van der Waals surface area contributed by atoms with Crippen LogP contribution in [0, 0.1) is 12.7 Å². The molecule has 0 saturated heterocycles. The zero-order chi connectivity index (χ0) is 21.1. The second-order valence-corrected chi connectivity index (χ2v) is 7.05. The summed E-state index contributed by atoms with van der Waals surface area (Å²) in [5.41, 5.74) is 3.62. The van der Waals surface area contributed by atoms with Gasteiger partial charge in [0, 0.05) is 17.7 Å². The van der Waals surface area contributed by atoms with E-state index in [1.54, 1.807) is 41.8 Å². The van der Waals surface area contributed by atoms with Gasteiger partial charge in [0.25, 0.3) is 11.5 Å². The minimum atomic E-state index is -0.349. The van der Waals surface area contributed by atoms with E-state index in [2.05, 4.69) is 10.3 Å². The summed E-state index contributed by atoms with van der Waals surface area (Å²) in [5, 5.41) is 2.72. The number of hydrogen-bond donors (Lipinski definition) is 1. The van der Waals surface area contributed by atoms with Crippen LogP contribution in [0.3, 0.4) is 0 Å². The van der Waals surface area contributed by atoms with Crippen molar-refractivity contribution in [3.63, 3.8) is 0 Å². The molecule has 30 heavy (non-hydrogen) atoms. The molecule has 0 radical (unpaired) electrons. The molecule has 0 atom stereocenters. The topological polar surface area (TPSA) is 64.0 Å². The molecule has 5 nitrogen and oxygen atoms in total. The molecule has 0 aliphatic rings. The number of nitrogens with zero attached hydrogens (tertiary/aromatic N) is 2. The highest BCUT2D eigenvalue weighted by molar-refractivity contribution is 5.94. The number of aryl methyl sites for hydroxylation is 1. The van der Waals surface area contributed by atoms with Crippen molar-refractivity contribution in [1.82, 2.24) is 14.9 Å². The van der Waals surface area contributed by atoms with Crippen LogP contribution < -0.4 is 10.9 Å². The minimum Gasteiger partial charge on any atom is -0.348 e. The van der Waals surface area contributed by atoms with Gasteiger partial charge in [0.2, 0.25) is 0 Å². The van der Waals surface area contributed by atoms with Crippen LogP contribution in [-0.2, 0) is 13.1 Å². The number of hydrogen-bond acceptors (Lipinski definition) is 3. The molecule has 3 aromatic carbocycles. The van der Waals surface area contributed by atoms with Gasteiger partial charge in [0.15, 0.2) is 0 Å². The number of aromatic nitrogens is 2. The molecule has 1 N–H and O–H groups in total. The zero-order valence-electron chi connectivity index (χ0n) is 16.4. The number of carbonyl (C=O) groups is 1. The predicted molar refractivity (Wildman–Crippen MR) is 114 cm³/mol. The lowest BCUT2D eigenvalue weighted by Crippen LogP contribution is -2.25. The summed E-state index contributed by atoms with van der Waals surface area (Å²) < 4.78 is 15.4. The first kappa shape index (κ1) is 19.5. The maximum atomic E-state index is 13.7. The lowest BCUT2D eigenvalue weighted by atomic mass is 10.1. The third kappa shape index (κ3) is 3.98. The Kier molecular flexibility index (Phi) is 5.39. The summed E-state index contributed by atoms with van der Waals surface area (Å²) >= 11 is 0. The molecular formula is C24H20FN3O2. The van der Waals surface area contributed by atoms with Crippen molar-refractivity contribution < 1.29 is 9.18 Å². The van der Waals surface area contributed by atoms with Crippen molar-refractivity contribution in [1.29, 1.82) is 0 Å². The molecule has 0 aliphatic carbocycles. The largest absolute Gasteiger partial charge is 0.348 e. The van der Waals surface area contributed by atoms with Crippen molar-refractivity contribution in [2.45, 2.75) is 20.0 Å². The van der Waals surface area contributed by atoms with E-state index in [0.29, 0.717) is 23.4 Å². The Hall–Kier alpha value is -3.80. The van der Waals surface area contributed by atoms with Crippen molar-refractivity contribution in [3.05, 3.63) is 111 Å². The quantitative estimate of drug-likeness (QED) is 0.553. The van der Waals surface area contributed by atoms with Crippen LogP contribution in [0.2, 0.25) is 0 Å². The van der Waals surface area contributed by atoms with E-state index in [1.807, 2.05) is 36.4 Å². The van der Waals surface area contributed by atoms with E-state index in [0.717, 1.165) is 16.6 Å². The van der Waals surface area contributed by atoms with E-state index in [1.165, 1.54) is 6.07 Å². The minimum absolute atomic E-state index is 0.116. The highest BCUT2D eigenvalue weighted by Gasteiger charge is 2.10. The van der Waals surface area contributed by atoms with Gasteiger partial charge in [0.1, 0.15) is 11.5 Å². The van der Waals surface area contributed by atoms with E-state index in [-0.39, 0.29) is 23.8 Å². The van der Waals surface area contributed by atoms with Gasteiger partial charge in [0.05, 0.1) is 17.6 Å². The maximum absolute atomic E-state index is 13.7. The molecule has 0 unspecified atom stereocenters. The smallest absolute Gasteiger partial charge is 0.272 e. The SMILES string of the molecule is Cc1nc2ccccc2n(Cc2ccc(C(=O)NCc3ccccc3F)cc2)c1=O. The Morgan fingerprint density at radius 2 is 1.70 bits per heavy atom. The van der Waals surface area contributed by atoms with Crippen LogP contribution in [0.4, 0.5) is 4.39 Å². The number of carbonyl (C=O) groups excluding carboxylic acids is 1. The molecule has 0 saturated carbocycles. The Balaban J connectivity index is 1.51. The van der Waals surface area contributed by atoms with E-state index >= 15 is 0 Å². The molecular weight excluding hydrogens is 381 g/mol. The number of para-hydroxylation sites is 2. The molecule has 4 aromatic rings. The molecule has 1 amide bonds. The summed E-state index contributed by atoms with van der Waals surface area (Å²) in [6.45, 7) is 2.19. The second kappa shape index (κ2) is 8.29. The molecule has 0 fully saturated rings.